The Kier molecular flexibility index (Phi) is 6.15. The summed E-state index contributed by atoms with van der Waals surface area (Å²) in [5.41, 5.74) is 2.17. The second-order valence-electron chi connectivity index (χ2n) is 4.05. The summed E-state index contributed by atoms with van der Waals surface area (Å²) < 4.78 is 0. The fourth-order valence-electron chi connectivity index (χ4n) is 1.58. The molecule has 2 N–H and O–H groups in total. The number of benzene rings is 1. The zero-order valence-electron chi connectivity index (χ0n) is 11.0. The lowest BCUT2D eigenvalue weighted by Crippen LogP contribution is -2.25. The van der Waals surface area contributed by atoms with Gasteiger partial charge in [-0.25, -0.2) is 4.79 Å². The number of thioether (sulfide) groups is 1. The van der Waals surface area contributed by atoms with E-state index in [4.69, 9.17) is 5.11 Å². The van der Waals surface area contributed by atoms with Crippen LogP contribution in [0.3, 0.4) is 0 Å². The molecule has 0 fully saturated rings. The molecule has 0 bridgehead atoms. The first-order valence-electron chi connectivity index (χ1n) is 5.83. The molecule has 0 spiro atoms. The number of hydrogen-bond acceptors (Lipinski definition) is 3. The molecule has 0 aliphatic carbocycles. The third-order valence-electron chi connectivity index (χ3n) is 2.37. The van der Waals surface area contributed by atoms with Crippen LogP contribution >= 0.6 is 11.8 Å². The van der Waals surface area contributed by atoms with Crippen LogP contribution in [0.2, 0.25) is 0 Å². The summed E-state index contributed by atoms with van der Waals surface area (Å²) in [6, 6.07) is 5.30. The van der Waals surface area contributed by atoms with E-state index in [-0.39, 0.29) is 5.91 Å². The molecule has 1 aromatic carbocycles. The first-order chi connectivity index (χ1) is 9.02. The normalized spacial score (nSPS) is 10.6. The molecule has 0 heterocycles. The predicted octanol–water partition coefficient (Wildman–Crippen LogP) is 2.19. The van der Waals surface area contributed by atoms with Gasteiger partial charge in [0.2, 0.25) is 0 Å². The van der Waals surface area contributed by atoms with Crippen molar-refractivity contribution in [1.82, 2.24) is 5.32 Å². The van der Waals surface area contributed by atoms with E-state index in [9.17, 15) is 9.59 Å². The second kappa shape index (κ2) is 7.63. The van der Waals surface area contributed by atoms with E-state index in [1.165, 1.54) is 6.08 Å². The number of rotatable bonds is 6. The third-order valence-corrected chi connectivity index (χ3v) is 2.98. The average molecular weight is 279 g/mol. The van der Waals surface area contributed by atoms with Crippen molar-refractivity contribution >= 4 is 29.7 Å². The van der Waals surface area contributed by atoms with Crippen molar-refractivity contribution in [2.45, 2.75) is 6.92 Å². The number of aliphatic carboxylic acids is 1. The highest BCUT2D eigenvalue weighted by molar-refractivity contribution is 7.98. The lowest BCUT2D eigenvalue weighted by Gasteiger charge is -2.06. The summed E-state index contributed by atoms with van der Waals surface area (Å²) in [7, 11) is 0. The van der Waals surface area contributed by atoms with Gasteiger partial charge in [0.1, 0.15) is 0 Å². The van der Waals surface area contributed by atoms with E-state index < -0.39 is 5.97 Å². The van der Waals surface area contributed by atoms with Crippen LogP contribution in [0.1, 0.15) is 21.5 Å². The summed E-state index contributed by atoms with van der Waals surface area (Å²) >= 11 is 1.67. The van der Waals surface area contributed by atoms with E-state index in [0.717, 1.165) is 17.4 Å². The summed E-state index contributed by atoms with van der Waals surface area (Å²) in [6.07, 6.45) is 4.52. The van der Waals surface area contributed by atoms with Crippen LogP contribution in [0.25, 0.3) is 6.08 Å². The van der Waals surface area contributed by atoms with Gasteiger partial charge in [0, 0.05) is 23.9 Å². The van der Waals surface area contributed by atoms with Crippen molar-refractivity contribution in [3.63, 3.8) is 0 Å². The minimum Gasteiger partial charge on any atom is -0.478 e. The number of hydrogen-bond donors (Lipinski definition) is 2. The Morgan fingerprint density at radius 3 is 2.74 bits per heavy atom. The molecule has 0 aromatic heterocycles. The van der Waals surface area contributed by atoms with Crippen LogP contribution in [-0.4, -0.2) is 35.5 Å². The van der Waals surface area contributed by atoms with Crippen molar-refractivity contribution in [3.8, 4) is 0 Å². The highest BCUT2D eigenvalue weighted by Crippen LogP contribution is 2.11. The van der Waals surface area contributed by atoms with E-state index in [1.807, 2.05) is 19.2 Å². The number of aryl methyl sites for hydroxylation is 1. The minimum atomic E-state index is -1.01. The predicted molar refractivity (Wildman–Crippen MR) is 78.6 cm³/mol. The number of carboxylic acids is 1. The van der Waals surface area contributed by atoms with Gasteiger partial charge >= 0.3 is 5.97 Å². The number of carbonyl (C=O) groups excluding carboxylic acids is 1. The van der Waals surface area contributed by atoms with Gasteiger partial charge in [-0.1, -0.05) is 6.07 Å². The van der Waals surface area contributed by atoms with Crippen LogP contribution in [0.4, 0.5) is 0 Å². The fourth-order valence-corrected chi connectivity index (χ4v) is 1.88. The molecule has 0 aliphatic rings. The molecular weight excluding hydrogens is 262 g/mol. The fraction of sp³-hybridized carbons (Fsp3) is 0.286. The zero-order chi connectivity index (χ0) is 14.3. The summed E-state index contributed by atoms with van der Waals surface area (Å²) in [6.45, 7) is 2.49. The molecule has 1 amide bonds. The maximum Gasteiger partial charge on any atom is 0.328 e. The largest absolute Gasteiger partial charge is 0.478 e. The molecule has 0 atom stereocenters. The van der Waals surface area contributed by atoms with Gasteiger partial charge in [0.25, 0.3) is 5.91 Å². The Balaban J connectivity index is 2.84. The first kappa shape index (κ1) is 15.3. The standard InChI is InChI=1S/C14H17NO3S/c1-10-7-11(3-4-13(16)17)9-12(8-10)14(18)15-5-6-19-2/h3-4,7-9H,5-6H2,1-2H3,(H,15,18)(H,16,17)/b4-3+. The SMILES string of the molecule is CSCCNC(=O)c1cc(C)cc(/C=C/C(=O)O)c1. The summed E-state index contributed by atoms with van der Waals surface area (Å²) in [5.74, 6) is -0.279. The Morgan fingerprint density at radius 2 is 2.11 bits per heavy atom. The maximum absolute atomic E-state index is 11.9. The van der Waals surface area contributed by atoms with Gasteiger partial charge in [-0.15, -0.1) is 0 Å². The topological polar surface area (TPSA) is 66.4 Å². The maximum atomic E-state index is 11.9. The summed E-state index contributed by atoms with van der Waals surface area (Å²) in [5, 5.41) is 11.4. The van der Waals surface area contributed by atoms with Crippen molar-refractivity contribution in [3.05, 3.63) is 41.0 Å². The smallest absolute Gasteiger partial charge is 0.328 e. The summed E-state index contributed by atoms with van der Waals surface area (Å²) in [4.78, 5) is 22.4. The molecule has 0 aliphatic heterocycles. The van der Waals surface area contributed by atoms with E-state index in [1.54, 1.807) is 23.9 Å². The zero-order valence-corrected chi connectivity index (χ0v) is 11.8. The van der Waals surface area contributed by atoms with E-state index >= 15 is 0 Å². The molecule has 0 saturated heterocycles. The quantitative estimate of drug-likeness (QED) is 0.619. The molecule has 1 rings (SSSR count). The van der Waals surface area contributed by atoms with Crippen molar-refractivity contribution < 1.29 is 14.7 Å². The first-order valence-corrected chi connectivity index (χ1v) is 7.22. The Labute approximate surface area is 116 Å². The molecule has 5 heteroatoms. The molecule has 4 nitrogen and oxygen atoms in total. The van der Waals surface area contributed by atoms with E-state index in [0.29, 0.717) is 17.7 Å². The molecule has 19 heavy (non-hydrogen) atoms. The van der Waals surface area contributed by atoms with Gasteiger partial charge in [0.05, 0.1) is 0 Å². The molecular formula is C14H17NO3S. The van der Waals surface area contributed by atoms with Crippen molar-refractivity contribution in [1.29, 1.82) is 0 Å². The number of carboxylic acid groups (broad SMARTS) is 1. The Hall–Kier alpha value is -1.75. The van der Waals surface area contributed by atoms with Gasteiger partial charge in [-0.2, -0.15) is 11.8 Å². The van der Waals surface area contributed by atoms with Crippen molar-refractivity contribution in [2.24, 2.45) is 0 Å². The molecule has 1 aromatic rings. The highest BCUT2D eigenvalue weighted by atomic mass is 32.2. The number of nitrogens with one attached hydrogen (secondary N) is 1. The lowest BCUT2D eigenvalue weighted by molar-refractivity contribution is -0.131. The molecule has 0 saturated carbocycles. The Bertz CT molecular complexity index is 497. The van der Waals surface area contributed by atoms with Crippen LogP contribution in [0, 0.1) is 6.92 Å². The third kappa shape index (κ3) is 5.61. The van der Waals surface area contributed by atoms with Gasteiger partial charge in [-0.05, 0) is 42.5 Å². The molecule has 0 unspecified atom stereocenters. The van der Waals surface area contributed by atoms with Crippen molar-refractivity contribution in [2.75, 3.05) is 18.6 Å². The highest BCUT2D eigenvalue weighted by Gasteiger charge is 2.06. The lowest BCUT2D eigenvalue weighted by atomic mass is 10.1. The van der Waals surface area contributed by atoms with Crippen LogP contribution in [-0.2, 0) is 4.79 Å². The van der Waals surface area contributed by atoms with Crippen LogP contribution in [0.15, 0.2) is 24.3 Å². The van der Waals surface area contributed by atoms with Crippen LogP contribution in [0.5, 0.6) is 0 Å². The monoisotopic (exact) mass is 279 g/mol. The van der Waals surface area contributed by atoms with Gasteiger partial charge in [-0.3, -0.25) is 4.79 Å². The van der Waals surface area contributed by atoms with Crippen LogP contribution < -0.4 is 5.32 Å². The van der Waals surface area contributed by atoms with E-state index in [2.05, 4.69) is 5.32 Å². The number of carbonyl (C=O) groups is 2. The Morgan fingerprint density at radius 1 is 1.37 bits per heavy atom. The minimum absolute atomic E-state index is 0.136. The number of amides is 1. The molecule has 102 valence electrons. The van der Waals surface area contributed by atoms with Gasteiger partial charge < -0.3 is 10.4 Å². The average Bonchev–Trinajstić information content (AvgIpc) is 2.36. The second-order valence-corrected chi connectivity index (χ2v) is 5.04. The molecule has 0 radical (unpaired) electrons. The van der Waals surface area contributed by atoms with Gasteiger partial charge in [0.15, 0.2) is 0 Å².